The van der Waals surface area contributed by atoms with E-state index in [4.69, 9.17) is 18.7 Å². The van der Waals surface area contributed by atoms with E-state index >= 15 is 0 Å². The maximum absolute atomic E-state index is 5.54. The molecular weight excluding hydrogens is 330 g/mol. The summed E-state index contributed by atoms with van der Waals surface area (Å²) in [5.74, 6) is 1.85. The van der Waals surface area contributed by atoms with E-state index in [0.29, 0.717) is 22.9 Å². The van der Waals surface area contributed by atoms with Crippen molar-refractivity contribution in [3.63, 3.8) is 0 Å². The van der Waals surface area contributed by atoms with Crippen LogP contribution in [0.15, 0.2) is 47.2 Å². The summed E-state index contributed by atoms with van der Waals surface area (Å²) in [5.41, 5.74) is 4.74. The van der Waals surface area contributed by atoms with E-state index in [1.165, 1.54) is 5.56 Å². The fourth-order valence-electron chi connectivity index (χ4n) is 2.99. The van der Waals surface area contributed by atoms with E-state index in [1.54, 1.807) is 33.7 Å². The molecule has 0 saturated carbocycles. The Hall–Kier alpha value is -2.95. The quantitative estimate of drug-likeness (QED) is 0.599. The maximum atomic E-state index is 5.54. The lowest BCUT2D eigenvalue weighted by Gasteiger charge is -2.13. The molecule has 0 aliphatic rings. The number of benzene rings is 2. The second-order valence-electron chi connectivity index (χ2n) is 5.93. The molecule has 0 amide bonds. The van der Waals surface area contributed by atoms with Gasteiger partial charge in [0.15, 0.2) is 11.5 Å². The number of aromatic nitrogens is 1. The fraction of sp³-hybridized carbons (Fsp3) is 0.286. The van der Waals surface area contributed by atoms with Crippen LogP contribution in [0.3, 0.4) is 0 Å². The van der Waals surface area contributed by atoms with Crippen molar-refractivity contribution >= 4 is 0 Å². The van der Waals surface area contributed by atoms with Crippen LogP contribution in [0.1, 0.15) is 18.9 Å². The molecule has 0 N–H and O–H groups in total. The minimum atomic E-state index is 0.599. The van der Waals surface area contributed by atoms with E-state index in [2.05, 4.69) is 36.3 Å². The number of methoxy groups -OCH3 is 3. The molecule has 5 heteroatoms. The smallest absolute Gasteiger partial charge is 0.164 e. The van der Waals surface area contributed by atoms with Crippen molar-refractivity contribution in [1.29, 1.82) is 0 Å². The van der Waals surface area contributed by atoms with Crippen molar-refractivity contribution < 1.29 is 18.7 Å². The summed E-state index contributed by atoms with van der Waals surface area (Å²) in [5, 5.41) is 4.21. The van der Waals surface area contributed by atoms with Crippen molar-refractivity contribution in [1.82, 2.24) is 5.16 Å². The first-order valence-electron chi connectivity index (χ1n) is 8.55. The number of ether oxygens (including phenoxy) is 3. The zero-order valence-corrected chi connectivity index (χ0v) is 15.5. The van der Waals surface area contributed by atoms with Crippen molar-refractivity contribution in [3.8, 4) is 39.6 Å². The topological polar surface area (TPSA) is 53.7 Å². The summed E-state index contributed by atoms with van der Waals surface area (Å²) < 4.78 is 21.6. The zero-order valence-electron chi connectivity index (χ0n) is 15.5. The largest absolute Gasteiger partial charge is 0.496 e. The van der Waals surface area contributed by atoms with E-state index in [9.17, 15) is 0 Å². The first-order valence-corrected chi connectivity index (χ1v) is 8.55. The third-order valence-corrected chi connectivity index (χ3v) is 4.33. The number of hydrogen-bond acceptors (Lipinski definition) is 5. The molecule has 0 spiro atoms. The van der Waals surface area contributed by atoms with Crippen LogP contribution in [0.5, 0.6) is 17.2 Å². The molecule has 136 valence electrons. The second kappa shape index (κ2) is 7.95. The van der Waals surface area contributed by atoms with E-state index < -0.39 is 0 Å². The van der Waals surface area contributed by atoms with Gasteiger partial charge >= 0.3 is 0 Å². The lowest BCUT2D eigenvalue weighted by Crippen LogP contribution is -1.95. The Morgan fingerprint density at radius 1 is 0.846 bits per heavy atom. The molecule has 0 fully saturated rings. The standard InChI is InChI=1S/C21H23NO4/c1-5-6-14-7-9-15(10-8-14)17-13-26-22-21(17)16-11-19(24-3)20(25-4)12-18(16)23-2/h7-13H,5-6H2,1-4H3. The Morgan fingerprint density at radius 2 is 1.50 bits per heavy atom. The van der Waals surface area contributed by atoms with Gasteiger partial charge in [0.05, 0.1) is 26.9 Å². The average Bonchev–Trinajstić information content (AvgIpc) is 3.17. The molecule has 0 saturated heterocycles. The van der Waals surface area contributed by atoms with E-state index in [-0.39, 0.29) is 0 Å². The summed E-state index contributed by atoms with van der Waals surface area (Å²) in [6.45, 7) is 2.18. The molecule has 0 aliphatic heterocycles. The number of aryl methyl sites for hydroxylation is 1. The van der Waals surface area contributed by atoms with Crippen molar-refractivity contribution in [2.24, 2.45) is 0 Å². The van der Waals surface area contributed by atoms with Gasteiger partial charge in [0.2, 0.25) is 0 Å². The Kier molecular flexibility index (Phi) is 5.46. The average molecular weight is 353 g/mol. The monoisotopic (exact) mass is 353 g/mol. The third kappa shape index (κ3) is 3.38. The Bertz CT molecular complexity index is 868. The summed E-state index contributed by atoms with van der Waals surface area (Å²) >= 11 is 0. The van der Waals surface area contributed by atoms with Crippen LogP contribution in [-0.4, -0.2) is 26.5 Å². The van der Waals surface area contributed by atoms with Gasteiger partial charge in [-0.2, -0.15) is 0 Å². The van der Waals surface area contributed by atoms with Crippen molar-refractivity contribution in [3.05, 3.63) is 48.2 Å². The van der Waals surface area contributed by atoms with Crippen LogP contribution in [-0.2, 0) is 6.42 Å². The lowest BCUT2D eigenvalue weighted by atomic mass is 9.99. The number of nitrogens with zero attached hydrogens (tertiary/aromatic N) is 1. The molecule has 3 rings (SSSR count). The highest BCUT2D eigenvalue weighted by Crippen LogP contribution is 2.42. The minimum Gasteiger partial charge on any atom is -0.496 e. The van der Waals surface area contributed by atoms with Gasteiger partial charge in [-0.15, -0.1) is 0 Å². The van der Waals surface area contributed by atoms with Gasteiger partial charge in [-0.3, -0.25) is 0 Å². The maximum Gasteiger partial charge on any atom is 0.164 e. The highest BCUT2D eigenvalue weighted by molar-refractivity contribution is 5.84. The van der Waals surface area contributed by atoms with Crippen molar-refractivity contribution in [2.45, 2.75) is 19.8 Å². The molecule has 5 nitrogen and oxygen atoms in total. The molecule has 0 atom stereocenters. The first kappa shape index (κ1) is 17.9. The predicted octanol–water partition coefficient (Wildman–Crippen LogP) is 4.99. The van der Waals surface area contributed by atoms with Crippen molar-refractivity contribution in [2.75, 3.05) is 21.3 Å². The van der Waals surface area contributed by atoms with Gasteiger partial charge in [0, 0.05) is 11.6 Å². The molecule has 3 aromatic rings. The van der Waals surface area contributed by atoms with Crippen LogP contribution in [0.2, 0.25) is 0 Å². The third-order valence-electron chi connectivity index (χ3n) is 4.33. The van der Waals surface area contributed by atoms with E-state index in [0.717, 1.165) is 29.5 Å². The molecule has 0 aliphatic carbocycles. The SMILES string of the molecule is CCCc1ccc(-c2conc2-c2cc(OC)c(OC)cc2OC)cc1. The predicted molar refractivity (Wildman–Crippen MR) is 101 cm³/mol. The van der Waals surface area contributed by atoms with Gasteiger partial charge in [-0.25, -0.2) is 0 Å². The zero-order chi connectivity index (χ0) is 18.5. The summed E-state index contributed by atoms with van der Waals surface area (Å²) in [6, 6.07) is 12.1. The highest BCUT2D eigenvalue weighted by Gasteiger charge is 2.20. The van der Waals surface area contributed by atoms with Crippen LogP contribution in [0.4, 0.5) is 0 Å². The summed E-state index contributed by atoms with van der Waals surface area (Å²) in [7, 11) is 4.81. The van der Waals surface area contributed by atoms with Gasteiger partial charge in [-0.1, -0.05) is 42.8 Å². The van der Waals surface area contributed by atoms with Gasteiger partial charge in [0.1, 0.15) is 17.7 Å². The van der Waals surface area contributed by atoms with E-state index in [1.807, 2.05) is 6.07 Å². The van der Waals surface area contributed by atoms with Crippen LogP contribution in [0.25, 0.3) is 22.4 Å². The highest BCUT2D eigenvalue weighted by atomic mass is 16.5. The summed E-state index contributed by atoms with van der Waals surface area (Å²) in [4.78, 5) is 0. The number of rotatable bonds is 7. The molecule has 1 heterocycles. The molecule has 26 heavy (non-hydrogen) atoms. The molecule has 1 aromatic heterocycles. The Balaban J connectivity index is 2.08. The van der Waals surface area contributed by atoms with Gasteiger partial charge < -0.3 is 18.7 Å². The number of hydrogen-bond donors (Lipinski definition) is 0. The molecule has 0 unspecified atom stereocenters. The van der Waals surface area contributed by atoms with Crippen LogP contribution < -0.4 is 14.2 Å². The van der Waals surface area contributed by atoms with Crippen LogP contribution in [0, 0.1) is 0 Å². The molecular formula is C21H23NO4. The molecule has 0 radical (unpaired) electrons. The second-order valence-corrected chi connectivity index (χ2v) is 5.93. The molecule has 2 aromatic carbocycles. The Labute approximate surface area is 153 Å². The lowest BCUT2D eigenvalue weighted by molar-refractivity contribution is 0.349. The van der Waals surface area contributed by atoms with Crippen LogP contribution >= 0.6 is 0 Å². The minimum absolute atomic E-state index is 0.599. The fourth-order valence-corrected chi connectivity index (χ4v) is 2.99. The van der Waals surface area contributed by atoms with Gasteiger partial charge in [0.25, 0.3) is 0 Å². The first-order chi connectivity index (χ1) is 12.7. The molecule has 0 bridgehead atoms. The Morgan fingerprint density at radius 3 is 2.12 bits per heavy atom. The normalized spacial score (nSPS) is 10.6. The summed E-state index contributed by atoms with van der Waals surface area (Å²) in [6.07, 6.45) is 3.85. The van der Waals surface area contributed by atoms with Gasteiger partial charge in [-0.05, 0) is 23.6 Å².